The van der Waals surface area contributed by atoms with Gasteiger partial charge in [0, 0.05) is 0 Å². The smallest absolute Gasteiger partial charge is 0.313 e. The summed E-state index contributed by atoms with van der Waals surface area (Å²) in [7, 11) is -0.451. The highest BCUT2D eigenvalue weighted by Gasteiger charge is 2.49. The first kappa shape index (κ1) is 17.6. The molecule has 0 aromatic heterocycles. The summed E-state index contributed by atoms with van der Waals surface area (Å²) in [4.78, 5) is 12.1. The summed E-state index contributed by atoms with van der Waals surface area (Å²) in [5.41, 5.74) is -0.788. The lowest BCUT2D eigenvalue weighted by Gasteiger charge is -2.39. The first-order valence-corrected chi connectivity index (χ1v) is 10.4. The number of hydrogen-bond acceptors (Lipinski definition) is 5. The normalized spacial score (nSPS) is 24.5. The lowest BCUT2D eigenvalue weighted by atomic mass is 9.83. The van der Waals surface area contributed by atoms with E-state index in [1.165, 1.54) is 7.11 Å². The fourth-order valence-corrected chi connectivity index (χ4v) is 3.52. The highest BCUT2D eigenvalue weighted by molar-refractivity contribution is 6.69. The van der Waals surface area contributed by atoms with Crippen molar-refractivity contribution in [1.82, 2.24) is 0 Å². The third-order valence-corrected chi connectivity index (χ3v) is 4.23. The second-order valence-electron chi connectivity index (χ2n) is 7.23. The van der Waals surface area contributed by atoms with Crippen molar-refractivity contribution in [2.45, 2.75) is 65.3 Å². The van der Waals surface area contributed by atoms with E-state index in [0.29, 0.717) is 6.61 Å². The molecule has 1 aliphatic rings. The van der Waals surface area contributed by atoms with Gasteiger partial charge in [0.05, 0.1) is 25.2 Å². The summed E-state index contributed by atoms with van der Waals surface area (Å²) in [5.74, 6) is -0.938. The van der Waals surface area contributed by atoms with Crippen molar-refractivity contribution in [2.75, 3.05) is 13.7 Å². The minimum Gasteiger partial charge on any atom is -0.469 e. The largest absolute Gasteiger partial charge is 0.469 e. The van der Waals surface area contributed by atoms with Crippen LogP contribution in [0.25, 0.3) is 0 Å². The molecule has 6 heteroatoms. The molecule has 0 aromatic carbocycles. The molecule has 0 saturated carbocycles. The van der Waals surface area contributed by atoms with Crippen molar-refractivity contribution in [3.05, 3.63) is 0 Å². The Hall–Kier alpha value is -0.433. The minimum absolute atomic E-state index is 0.272. The summed E-state index contributed by atoms with van der Waals surface area (Å²) in [5, 5.41) is 0. The Kier molecular flexibility index (Phi) is 5.07. The Bertz CT molecular complexity index is 359. The SMILES string of the molecule is COC(=O)C(C)(C)[C@@H](O[Si](C)(C)C)[C@H]1COC(C)(C)O1. The molecular weight excluding hydrogens is 276 g/mol. The number of esters is 1. The summed E-state index contributed by atoms with van der Waals surface area (Å²) in [6, 6.07) is 0. The summed E-state index contributed by atoms with van der Waals surface area (Å²) < 4.78 is 22.7. The van der Waals surface area contributed by atoms with Gasteiger partial charge in [0.2, 0.25) is 0 Å². The Morgan fingerprint density at radius 3 is 2.25 bits per heavy atom. The van der Waals surface area contributed by atoms with Crippen molar-refractivity contribution < 1.29 is 23.4 Å². The number of carbonyl (C=O) groups excluding carboxylic acids is 1. The van der Waals surface area contributed by atoms with E-state index in [9.17, 15) is 4.79 Å². The van der Waals surface area contributed by atoms with Gasteiger partial charge >= 0.3 is 5.97 Å². The number of rotatable bonds is 5. The molecule has 0 unspecified atom stereocenters. The van der Waals surface area contributed by atoms with Crippen LogP contribution >= 0.6 is 0 Å². The average Bonchev–Trinajstić information content (AvgIpc) is 2.63. The van der Waals surface area contributed by atoms with Crippen molar-refractivity contribution in [3.8, 4) is 0 Å². The standard InChI is InChI=1S/C14H28O5Si/c1-13(2,12(15)16-5)11(19-20(6,7)8)10-9-17-14(3,4)18-10/h10-11H,9H2,1-8H3/t10-,11+/m1/s1. The fraction of sp³-hybridized carbons (Fsp3) is 0.929. The third kappa shape index (κ3) is 4.28. The Balaban J connectivity index is 3.00. The maximum absolute atomic E-state index is 12.1. The zero-order chi connectivity index (χ0) is 15.8. The average molecular weight is 304 g/mol. The molecule has 2 atom stereocenters. The first-order valence-electron chi connectivity index (χ1n) is 6.97. The second kappa shape index (κ2) is 5.75. The lowest BCUT2D eigenvalue weighted by molar-refractivity contribution is -0.174. The predicted molar refractivity (Wildman–Crippen MR) is 78.9 cm³/mol. The zero-order valence-electron chi connectivity index (χ0n) is 13.9. The number of hydrogen-bond donors (Lipinski definition) is 0. The van der Waals surface area contributed by atoms with E-state index in [0.717, 1.165) is 0 Å². The molecule has 0 aliphatic carbocycles. The van der Waals surface area contributed by atoms with Gasteiger partial charge in [-0.2, -0.15) is 0 Å². The second-order valence-corrected chi connectivity index (χ2v) is 11.7. The highest BCUT2D eigenvalue weighted by atomic mass is 28.4. The van der Waals surface area contributed by atoms with Crippen LogP contribution in [0.3, 0.4) is 0 Å². The number of ether oxygens (including phenoxy) is 3. The van der Waals surface area contributed by atoms with E-state index in [4.69, 9.17) is 18.6 Å². The van der Waals surface area contributed by atoms with Gasteiger partial charge in [0.1, 0.15) is 6.10 Å². The van der Waals surface area contributed by atoms with Crippen LogP contribution in [0.5, 0.6) is 0 Å². The van der Waals surface area contributed by atoms with E-state index in [2.05, 4.69) is 19.6 Å². The molecule has 0 amide bonds. The van der Waals surface area contributed by atoms with Crippen LogP contribution < -0.4 is 0 Å². The van der Waals surface area contributed by atoms with Gasteiger partial charge in [-0.15, -0.1) is 0 Å². The van der Waals surface area contributed by atoms with E-state index in [1.54, 1.807) is 0 Å². The third-order valence-electron chi connectivity index (χ3n) is 3.27. The number of methoxy groups -OCH3 is 1. The molecule has 0 radical (unpaired) electrons. The Morgan fingerprint density at radius 2 is 1.90 bits per heavy atom. The van der Waals surface area contributed by atoms with Crippen LogP contribution in [0.15, 0.2) is 0 Å². The van der Waals surface area contributed by atoms with Crippen molar-refractivity contribution in [3.63, 3.8) is 0 Å². The summed E-state index contributed by atoms with van der Waals surface area (Å²) >= 11 is 0. The van der Waals surface area contributed by atoms with Gasteiger partial charge in [-0.25, -0.2) is 0 Å². The molecule has 1 aliphatic heterocycles. The molecule has 1 heterocycles. The predicted octanol–water partition coefficient (Wildman–Crippen LogP) is 2.56. The molecule has 5 nitrogen and oxygen atoms in total. The molecule has 0 bridgehead atoms. The van der Waals surface area contributed by atoms with Crippen LogP contribution in [-0.2, 0) is 23.4 Å². The van der Waals surface area contributed by atoms with Gasteiger partial charge in [0.25, 0.3) is 0 Å². The van der Waals surface area contributed by atoms with E-state index in [-0.39, 0.29) is 18.2 Å². The maximum Gasteiger partial charge on any atom is 0.313 e. The number of carbonyl (C=O) groups is 1. The molecule has 20 heavy (non-hydrogen) atoms. The molecule has 1 rings (SSSR count). The van der Waals surface area contributed by atoms with Gasteiger partial charge in [0.15, 0.2) is 14.1 Å². The van der Waals surface area contributed by atoms with Crippen LogP contribution in [-0.4, -0.2) is 46.0 Å². The van der Waals surface area contributed by atoms with Crippen LogP contribution in [0, 0.1) is 5.41 Å². The first-order chi connectivity index (χ1) is 8.89. The van der Waals surface area contributed by atoms with Crippen LogP contribution in [0.2, 0.25) is 19.6 Å². The molecule has 0 aromatic rings. The summed E-state index contributed by atoms with van der Waals surface area (Å²) in [6.07, 6.45) is -0.658. The van der Waals surface area contributed by atoms with Gasteiger partial charge < -0.3 is 18.6 Å². The van der Waals surface area contributed by atoms with Crippen LogP contribution in [0.1, 0.15) is 27.7 Å². The molecule has 0 spiro atoms. The topological polar surface area (TPSA) is 54.0 Å². The van der Waals surface area contributed by atoms with E-state index >= 15 is 0 Å². The van der Waals surface area contributed by atoms with E-state index < -0.39 is 19.5 Å². The Labute approximate surface area is 123 Å². The van der Waals surface area contributed by atoms with Gasteiger partial charge in [-0.1, -0.05) is 0 Å². The molecule has 1 fully saturated rings. The molecular formula is C14H28O5Si. The molecule has 0 N–H and O–H groups in total. The molecule has 118 valence electrons. The maximum atomic E-state index is 12.1. The van der Waals surface area contributed by atoms with Crippen molar-refractivity contribution >= 4 is 14.3 Å². The minimum atomic E-state index is -1.85. The zero-order valence-corrected chi connectivity index (χ0v) is 14.9. The summed E-state index contributed by atoms with van der Waals surface area (Å²) in [6.45, 7) is 14.1. The van der Waals surface area contributed by atoms with Crippen molar-refractivity contribution in [2.24, 2.45) is 5.41 Å². The van der Waals surface area contributed by atoms with Gasteiger partial charge in [-0.3, -0.25) is 4.79 Å². The quantitative estimate of drug-likeness (QED) is 0.577. The Morgan fingerprint density at radius 1 is 1.35 bits per heavy atom. The van der Waals surface area contributed by atoms with Crippen LogP contribution in [0.4, 0.5) is 0 Å². The van der Waals surface area contributed by atoms with Crippen molar-refractivity contribution in [1.29, 1.82) is 0 Å². The van der Waals surface area contributed by atoms with E-state index in [1.807, 2.05) is 27.7 Å². The highest BCUT2D eigenvalue weighted by Crippen LogP contribution is 2.36. The lowest BCUT2D eigenvalue weighted by Crippen LogP contribution is -2.52. The molecule has 1 saturated heterocycles. The fourth-order valence-electron chi connectivity index (χ4n) is 2.31. The van der Waals surface area contributed by atoms with Gasteiger partial charge in [-0.05, 0) is 47.3 Å². The monoisotopic (exact) mass is 304 g/mol.